The third-order valence-corrected chi connectivity index (χ3v) is 5.58. The fraction of sp³-hybridized carbons (Fsp3) is 0.450. The number of rotatable bonds is 7. The van der Waals surface area contributed by atoms with E-state index in [1.807, 2.05) is 0 Å². The predicted octanol–water partition coefficient (Wildman–Crippen LogP) is 3.68. The molecule has 0 atom stereocenters. The summed E-state index contributed by atoms with van der Waals surface area (Å²) in [6.45, 7) is 1.52. The highest BCUT2D eigenvalue weighted by molar-refractivity contribution is 6.33. The number of methoxy groups -OCH3 is 1. The van der Waals surface area contributed by atoms with E-state index in [4.69, 9.17) is 16.3 Å². The van der Waals surface area contributed by atoms with Gasteiger partial charge in [0.2, 0.25) is 5.95 Å². The average Bonchev–Trinajstić information content (AvgIpc) is 3.11. The number of hydrogen-bond donors (Lipinski definition) is 2. The Morgan fingerprint density at radius 3 is 2.53 bits per heavy atom. The zero-order chi connectivity index (χ0) is 21.1. The van der Waals surface area contributed by atoms with Crippen LogP contribution in [0.25, 0.3) is 17.0 Å². The van der Waals surface area contributed by atoms with E-state index in [9.17, 15) is 8.78 Å². The minimum absolute atomic E-state index is 0.0714. The number of anilines is 1. The highest BCUT2D eigenvalue weighted by Crippen LogP contribution is 2.28. The molecule has 1 fully saturated rings. The van der Waals surface area contributed by atoms with Crippen LogP contribution in [0.4, 0.5) is 14.7 Å². The third-order valence-electron chi connectivity index (χ3n) is 5.31. The van der Waals surface area contributed by atoms with Crippen LogP contribution in [0.5, 0.6) is 0 Å². The van der Waals surface area contributed by atoms with Crippen LogP contribution in [0.3, 0.4) is 0 Å². The molecular formula is C20H23ClF2N6O. The molecule has 4 rings (SSSR count). The summed E-state index contributed by atoms with van der Waals surface area (Å²) < 4.78 is 35.2. The van der Waals surface area contributed by atoms with E-state index < -0.39 is 11.6 Å². The molecule has 0 spiro atoms. The summed E-state index contributed by atoms with van der Waals surface area (Å²) in [6, 6.07) is 4.26. The van der Waals surface area contributed by atoms with Gasteiger partial charge in [-0.15, -0.1) is 0 Å². The van der Waals surface area contributed by atoms with Crippen LogP contribution in [0, 0.1) is 11.6 Å². The summed E-state index contributed by atoms with van der Waals surface area (Å²) in [6.07, 6.45) is 5.30. The van der Waals surface area contributed by atoms with Gasteiger partial charge >= 0.3 is 0 Å². The van der Waals surface area contributed by atoms with E-state index in [1.54, 1.807) is 7.11 Å². The van der Waals surface area contributed by atoms with Crippen molar-refractivity contribution in [2.75, 3.05) is 25.6 Å². The largest absolute Gasteiger partial charge is 0.383 e. The zero-order valence-corrected chi connectivity index (χ0v) is 17.3. The van der Waals surface area contributed by atoms with Gasteiger partial charge in [0.15, 0.2) is 11.5 Å². The van der Waals surface area contributed by atoms with E-state index >= 15 is 0 Å². The smallest absolute Gasteiger partial charge is 0.228 e. The number of aromatic nitrogens is 4. The Morgan fingerprint density at radius 2 is 1.83 bits per heavy atom. The van der Waals surface area contributed by atoms with Crippen molar-refractivity contribution < 1.29 is 13.5 Å². The highest BCUT2D eigenvalue weighted by atomic mass is 35.5. The van der Waals surface area contributed by atoms with Gasteiger partial charge in [-0.1, -0.05) is 17.7 Å². The number of ether oxygens (including phenoxy) is 1. The molecule has 0 radical (unpaired) electrons. The first-order chi connectivity index (χ1) is 14.6. The van der Waals surface area contributed by atoms with Crippen molar-refractivity contribution in [3.05, 3.63) is 41.1 Å². The fourth-order valence-corrected chi connectivity index (χ4v) is 3.92. The van der Waals surface area contributed by atoms with Gasteiger partial charge in [-0.25, -0.2) is 13.8 Å². The molecule has 0 amide bonds. The summed E-state index contributed by atoms with van der Waals surface area (Å²) in [4.78, 5) is 8.64. The Bertz CT molecular complexity index is 1000. The molecule has 3 aromatic rings. The van der Waals surface area contributed by atoms with Crippen LogP contribution in [-0.4, -0.2) is 51.9 Å². The van der Waals surface area contributed by atoms with Gasteiger partial charge in [0.1, 0.15) is 16.7 Å². The van der Waals surface area contributed by atoms with Crippen molar-refractivity contribution in [3.8, 4) is 11.4 Å². The Balaban J connectivity index is 1.57. The number of halogens is 3. The van der Waals surface area contributed by atoms with Crippen molar-refractivity contribution in [3.63, 3.8) is 0 Å². The summed E-state index contributed by atoms with van der Waals surface area (Å²) in [5.41, 5.74) is 0.00751. The van der Waals surface area contributed by atoms with Crippen LogP contribution in [0.2, 0.25) is 5.02 Å². The highest BCUT2D eigenvalue weighted by Gasteiger charge is 2.24. The molecule has 7 nitrogen and oxygen atoms in total. The topological polar surface area (TPSA) is 76.4 Å². The first-order valence-electron chi connectivity index (χ1n) is 9.91. The van der Waals surface area contributed by atoms with Crippen LogP contribution in [0.1, 0.15) is 25.7 Å². The Morgan fingerprint density at radius 1 is 1.13 bits per heavy atom. The van der Waals surface area contributed by atoms with E-state index in [2.05, 4.69) is 25.7 Å². The fourth-order valence-electron chi connectivity index (χ4n) is 3.76. The predicted molar refractivity (Wildman–Crippen MR) is 111 cm³/mol. The van der Waals surface area contributed by atoms with Crippen molar-refractivity contribution in [1.82, 2.24) is 24.9 Å². The first-order valence-corrected chi connectivity index (χ1v) is 10.3. The number of hydrogen-bond acceptors (Lipinski definition) is 6. The van der Waals surface area contributed by atoms with Crippen LogP contribution in [-0.2, 0) is 4.74 Å². The van der Waals surface area contributed by atoms with Crippen LogP contribution >= 0.6 is 11.6 Å². The Hall–Kier alpha value is -2.36. The Kier molecular flexibility index (Phi) is 6.40. The normalized spacial score (nSPS) is 19.3. The molecule has 30 heavy (non-hydrogen) atoms. The van der Waals surface area contributed by atoms with Gasteiger partial charge in [-0.3, -0.25) is 0 Å². The second-order valence-electron chi connectivity index (χ2n) is 7.34. The molecule has 1 saturated carbocycles. The molecular weight excluding hydrogens is 414 g/mol. The second-order valence-corrected chi connectivity index (χ2v) is 7.74. The minimum Gasteiger partial charge on any atom is -0.383 e. The zero-order valence-electron chi connectivity index (χ0n) is 16.5. The quantitative estimate of drug-likeness (QED) is 0.550. The molecule has 0 saturated heterocycles. The third kappa shape index (κ3) is 4.38. The van der Waals surface area contributed by atoms with Crippen molar-refractivity contribution in [2.24, 2.45) is 0 Å². The molecule has 1 aromatic carbocycles. The minimum atomic E-state index is -0.733. The summed E-state index contributed by atoms with van der Waals surface area (Å²) in [7, 11) is 1.69. The average molecular weight is 437 g/mol. The molecule has 10 heteroatoms. The molecule has 1 aliphatic carbocycles. The van der Waals surface area contributed by atoms with Crippen molar-refractivity contribution in [1.29, 1.82) is 0 Å². The lowest BCUT2D eigenvalue weighted by Gasteiger charge is -2.30. The number of benzene rings is 1. The molecule has 0 bridgehead atoms. The van der Waals surface area contributed by atoms with E-state index in [0.29, 0.717) is 24.2 Å². The maximum atomic E-state index is 14.3. The monoisotopic (exact) mass is 436 g/mol. The molecule has 2 N–H and O–H groups in total. The van der Waals surface area contributed by atoms with Gasteiger partial charge in [0.25, 0.3) is 0 Å². The lowest BCUT2D eigenvalue weighted by Crippen LogP contribution is -2.38. The number of fused-ring (bicyclic) bond motifs is 1. The summed E-state index contributed by atoms with van der Waals surface area (Å²) >= 11 is 6.20. The van der Waals surface area contributed by atoms with E-state index in [0.717, 1.165) is 32.2 Å². The first kappa shape index (κ1) is 20.9. The second kappa shape index (κ2) is 9.20. The number of nitrogens with zero attached hydrogens (tertiary/aromatic N) is 4. The van der Waals surface area contributed by atoms with Crippen molar-refractivity contribution in [2.45, 2.75) is 37.8 Å². The maximum absolute atomic E-state index is 14.3. The molecule has 1 aliphatic rings. The lowest BCUT2D eigenvalue weighted by atomic mass is 9.91. The van der Waals surface area contributed by atoms with E-state index in [-0.39, 0.29) is 22.5 Å². The van der Waals surface area contributed by atoms with Gasteiger partial charge < -0.3 is 15.4 Å². The van der Waals surface area contributed by atoms with Gasteiger partial charge in [-0.2, -0.15) is 14.6 Å². The van der Waals surface area contributed by atoms with E-state index in [1.165, 1.54) is 28.9 Å². The van der Waals surface area contributed by atoms with Crippen LogP contribution < -0.4 is 10.6 Å². The molecule has 2 aromatic heterocycles. The van der Waals surface area contributed by atoms with Gasteiger partial charge in [0.05, 0.1) is 18.4 Å². The van der Waals surface area contributed by atoms with Crippen LogP contribution in [0.15, 0.2) is 24.4 Å². The van der Waals surface area contributed by atoms with Crippen molar-refractivity contribution >= 4 is 23.2 Å². The molecule has 160 valence electrons. The summed E-state index contributed by atoms with van der Waals surface area (Å²) in [5, 5.41) is 11.3. The molecule has 2 heterocycles. The number of nitrogens with one attached hydrogen (secondary N) is 2. The standard InChI is InChI=1S/C20H23ClF2N6O/c1-30-10-9-24-12-5-7-13(8-6-12)26-20-28-18(17-15(22)3-2-4-16(17)23)27-19-14(21)11-25-29(19)20/h2-4,11-13,24H,5-10H2,1H3,(H,26,27,28). The SMILES string of the molecule is COCCNC1CCC(Nc2nc(-c3c(F)cccc3F)nc3c(Cl)cnn23)CC1. The molecule has 0 unspecified atom stereocenters. The maximum Gasteiger partial charge on any atom is 0.228 e. The Labute approximate surface area is 177 Å². The molecule has 0 aliphatic heterocycles. The lowest BCUT2D eigenvalue weighted by molar-refractivity contribution is 0.191. The van der Waals surface area contributed by atoms with Gasteiger partial charge in [0, 0.05) is 25.7 Å². The van der Waals surface area contributed by atoms with Gasteiger partial charge in [-0.05, 0) is 37.8 Å². The summed E-state index contributed by atoms with van der Waals surface area (Å²) in [5.74, 6) is -1.18.